The van der Waals surface area contributed by atoms with Crippen molar-refractivity contribution in [1.82, 2.24) is 5.32 Å². The van der Waals surface area contributed by atoms with Crippen LogP contribution < -0.4 is 16.4 Å². The van der Waals surface area contributed by atoms with Crippen LogP contribution >= 0.6 is 11.3 Å². The molecule has 2 amide bonds. The Kier molecular flexibility index (Phi) is 6.59. The summed E-state index contributed by atoms with van der Waals surface area (Å²) in [6.45, 7) is 0.395. The minimum atomic E-state index is -2.46. The summed E-state index contributed by atoms with van der Waals surface area (Å²) in [6, 6.07) is 6.60. The number of carbonyl (C=O) groups excluding carboxylic acids is 4. The number of nitrogens with one attached hydrogen (secondary N) is 2. The molecule has 5 atom stereocenters. The van der Waals surface area contributed by atoms with Gasteiger partial charge in [-0.05, 0) is 35.9 Å². The van der Waals surface area contributed by atoms with E-state index in [2.05, 4.69) is 10.6 Å². The Bertz CT molecular complexity index is 1370. The van der Waals surface area contributed by atoms with Crippen LogP contribution in [0.2, 0.25) is 0 Å². The van der Waals surface area contributed by atoms with Gasteiger partial charge in [-0.25, -0.2) is 0 Å². The van der Waals surface area contributed by atoms with Gasteiger partial charge in [0.1, 0.15) is 11.5 Å². The highest BCUT2D eigenvalue weighted by Gasteiger charge is 2.62. The van der Waals surface area contributed by atoms with Crippen molar-refractivity contribution in [3.63, 3.8) is 0 Å². The molecule has 2 saturated carbocycles. The Balaban J connectivity index is 1.49. The Morgan fingerprint density at radius 2 is 1.92 bits per heavy atom. The molecule has 2 aromatic rings. The molecular weight excluding hydrogens is 514 g/mol. The number of fused-ring (bicyclic) bond motifs is 3. The molecule has 38 heavy (non-hydrogen) atoms. The molecule has 5 rings (SSSR count). The molecule has 8 N–H and O–H groups in total. The van der Waals surface area contributed by atoms with Gasteiger partial charge in [0.2, 0.25) is 17.6 Å². The lowest BCUT2D eigenvalue weighted by Gasteiger charge is -2.48. The van der Waals surface area contributed by atoms with Crippen LogP contribution in [0.25, 0.3) is 5.76 Å². The van der Waals surface area contributed by atoms with E-state index in [1.54, 1.807) is 0 Å². The average molecular weight is 542 g/mol. The minimum absolute atomic E-state index is 0.0341. The van der Waals surface area contributed by atoms with E-state index in [9.17, 15) is 39.6 Å². The third-order valence-electron chi connectivity index (χ3n) is 7.68. The molecule has 5 unspecified atom stereocenters. The number of aliphatic hydroxyl groups is 3. The number of aliphatic hydroxyl groups excluding tert-OH is 2. The molecule has 3 aliphatic carbocycles. The Morgan fingerprint density at radius 1 is 1.16 bits per heavy atom. The Hall–Kier alpha value is -3.58. The van der Waals surface area contributed by atoms with E-state index in [-0.39, 0.29) is 41.8 Å². The van der Waals surface area contributed by atoms with E-state index in [4.69, 9.17) is 5.73 Å². The predicted octanol–water partition coefficient (Wildman–Crippen LogP) is 0.694. The maximum absolute atomic E-state index is 13.5. The van der Waals surface area contributed by atoms with Gasteiger partial charge < -0.3 is 36.8 Å². The van der Waals surface area contributed by atoms with Crippen LogP contribution in [-0.2, 0) is 25.7 Å². The van der Waals surface area contributed by atoms with Crippen molar-refractivity contribution in [2.75, 3.05) is 11.9 Å². The number of benzene rings is 1. The number of thiophene rings is 1. The van der Waals surface area contributed by atoms with Crippen LogP contribution in [-0.4, -0.2) is 62.1 Å². The zero-order valence-electron chi connectivity index (χ0n) is 20.1. The van der Waals surface area contributed by atoms with Crippen LogP contribution in [0.3, 0.4) is 0 Å². The fourth-order valence-electron chi connectivity index (χ4n) is 5.97. The molecule has 1 aromatic heterocycles. The first-order chi connectivity index (χ1) is 18.0. The quantitative estimate of drug-likeness (QED) is 0.203. The van der Waals surface area contributed by atoms with Crippen molar-refractivity contribution < 1.29 is 39.6 Å². The van der Waals surface area contributed by atoms with E-state index in [1.165, 1.54) is 23.5 Å². The van der Waals surface area contributed by atoms with Crippen molar-refractivity contribution in [3.8, 4) is 5.75 Å². The van der Waals surface area contributed by atoms with Crippen molar-refractivity contribution in [1.29, 1.82) is 0 Å². The number of primary amides is 1. The molecule has 0 bridgehead atoms. The molecule has 1 heterocycles. The van der Waals surface area contributed by atoms with Gasteiger partial charge in [-0.15, -0.1) is 11.3 Å². The monoisotopic (exact) mass is 541 g/mol. The first-order valence-corrected chi connectivity index (χ1v) is 13.0. The smallest absolute Gasteiger partial charge is 0.238 e. The molecule has 1 aromatic carbocycles. The van der Waals surface area contributed by atoms with Crippen LogP contribution in [0.4, 0.5) is 5.69 Å². The SMILES string of the molecule is NC(=O)C1c2ccc(NC(=O)CNCc3cccs3)c(O)c2C(O)=C2C(=O)C3(O)C(=O)CC(O)CC3CC21. The molecule has 0 saturated heterocycles. The summed E-state index contributed by atoms with van der Waals surface area (Å²) in [7, 11) is 0. The first kappa shape index (κ1) is 26.0. The maximum atomic E-state index is 13.5. The summed E-state index contributed by atoms with van der Waals surface area (Å²) in [5.41, 5.74) is 2.67. The number of rotatable bonds is 6. The van der Waals surface area contributed by atoms with E-state index < -0.39 is 70.8 Å². The predicted molar refractivity (Wildman–Crippen MR) is 136 cm³/mol. The number of anilines is 1. The number of hydrogen-bond donors (Lipinski definition) is 7. The zero-order valence-corrected chi connectivity index (χ0v) is 21.0. The van der Waals surface area contributed by atoms with E-state index in [0.717, 1.165) is 4.88 Å². The number of Topliss-reactive ketones (excluding diaryl/α,β-unsaturated/α-hetero) is 2. The third-order valence-corrected chi connectivity index (χ3v) is 8.55. The number of aromatic hydroxyl groups is 1. The third kappa shape index (κ3) is 4.09. The van der Waals surface area contributed by atoms with Crippen molar-refractivity contribution in [3.05, 3.63) is 51.2 Å². The standard InChI is InChI=1S/C26H27N3O8S/c27-25(36)19-14-3-4-16(29-18(32)10-28-9-13-2-1-5-38-13)22(33)20(14)23(34)21-15(19)7-11-6-12(30)8-17(31)26(11,37)24(21)35/h1-5,11-12,15,19,28,30,33-34,37H,6-10H2,(H2,27,36)(H,29,32). The lowest BCUT2D eigenvalue weighted by Crippen LogP contribution is -2.62. The van der Waals surface area contributed by atoms with E-state index in [1.807, 2.05) is 17.5 Å². The second-order valence-corrected chi connectivity index (χ2v) is 11.0. The van der Waals surface area contributed by atoms with Gasteiger partial charge in [0.15, 0.2) is 11.4 Å². The second kappa shape index (κ2) is 9.62. The van der Waals surface area contributed by atoms with Gasteiger partial charge in [0, 0.05) is 35.3 Å². The normalized spacial score (nSPS) is 28.4. The van der Waals surface area contributed by atoms with Crippen LogP contribution in [0.15, 0.2) is 35.2 Å². The highest BCUT2D eigenvalue weighted by Crippen LogP contribution is 2.55. The second-order valence-electron chi connectivity index (χ2n) is 9.95. The summed E-state index contributed by atoms with van der Waals surface area (Å²) in [5, 5.41) is 50.9. The largest absolute Gasteiger partial charge is 0.507 e. The molecule has 3 aliphatic rings. The molecule has 12 heteroatoms. The van der Waals surface area contributed by atoms with E-state index in [0.29, 0.717) is 6.54 Å². The summed E-state index contributed by atoms with van der Waals surface area (Å²) >= 11 is 1.53. The molecular formula is C26H27N3O8S. The van der Waals surface area contributed by atoms with Crippen molar-refractivity contribution in [2.24, 2.45) is 17.6 Å². The highest BCUT2D eigenvalue weighted by molar-refractivity contribution is 7.09. The summed E-state index contributed by atoms with van der Waals surface area (Å²) in [6.07, 6.45) is -1.56. The van der Waals surface area contributed by atoms with Gasteiger partial charge in [0.05, 0.1) is 29.8 Å². The van der Waals surface area contributed by atoms with Gasteiger partial charge in [-0.2, -0.15) is 0 Å². The Morgan fingerprint density at radius 3 is 2.61 bits per heavy atom. The van der Waals surface area contributed by atoms with Gasteiger partial charge >= 0.3 is 0 Å². The van der Waals surface area contributed by atoms with Crippen LogP contribution in [0.1, 0.15) is 41.2 Å². The first-order valence-electron chi connectivity index (χ1n) is 12.1. The number of ketones is 2. The fraction of sp³-hybridized carbons (Fsp3) is 0.385. The number of nitrogens with two attached hydrogens (primary N) is 1. The van der Waals surface area contributed by atoms with Gasteiger partial charge in [0.25, 0.3) is 0 Å². The fourth-order valence-corrected chi connectivity index (χ4v) is 6.64. The molecule has 11 nitrogen and oxygen atoms in total. The lowest BCUT2D eigenvalue weighted by atomic mass is 9.56. The zero-order chi connectivity index (χ0) is 27.4. The highest BCUT2D eigenvalue weighted by atomic mass is 32.1. The topological polar surface area (TPSA) is 199 Å². The van der Waals surface area contributed by atoms with E-state index >= 15 is 0 Å². The average Bonchev–Trinajstić information content (AvgIpc) is 3.36. The molecule has 200 valence electrons. The van der Waals surface area contributed by atoms with Crippen LogP contribution in [0.5, 0.6) is 5.75 Å². The minimum Gasteiger partial charge on any atom is -0.507 e. The van der Waals surface area contributed by atoms with Crippen LogP contribution in [0, 0.1) is 11.8 Å². The van der Waals surface area contributed by atoms with Crippen molar-refractivity contribution in [2.45, 2.75) is 43.4 Å². The van der Waals surface area contributed by atoms with Gasteiger partial charge in [-0.1, -0.05) is 12.1 Å². The summed E-state index contributed by atoms with van der Waals surface area (Å²) in [4.78, 5) is 52.3. The number of phenolic OH excluding ortho intramolecular Hbond substituents is 1. The maximum Gasteiger partial charge on any atom is 0.238 e. The lowest BCUT2D eigenvalue weighted by molar-refractivity contribution is -0.167. The van der Waals surface area contributed by atoms with Gasteiger partial charge in [-0.3, -0.25) is 19.2 Å². The molecule has 0 radical (unpaired) electrons. The van der Waals surface area contributed by atoms with Crippen molar-refractivity contribution >= 4 is 46.2 Å². The summed E-state index contributed by atoms with van der Waals surface area (Å²) in [5.74, 6) is -7.65. The number of phenols is 1. The molecule has 0 aliphatic heterocycles. The number of carbonyl (C=O) groups is 4. The number of hydrogen-bond acceptors (Lipinski definition) is 10. The summed E-state index contributed by atoms with van der Waals surface area (Å²) < 4.78 is 0. The molecule has 2 fully saturated rings. The molecule has 0 spiro atoms. The number of amides is 2. The Labute approximate surface area is 221 Å².